The SMILES string of the molecule is CN(C(=O)c1ccc2nc(N)c3c(Cl)ncn3c2c1)C1COCc2nc(C(F)(F)F)ccc21. The van der Waals surface area contributed by atoms with Crippen molar-refractivity contribution < 1.29 is 22.7 Å². The second-order valence-corrected chi connectivity index (χ2v) is 7.99. The zero-order valence-corrected chi connectivity index (χ0v) is 17.9. The maximum absolute atomic E-state index is 13.3. The molecule has 4 heterocycles. The summed E-state index contributed by atoms with van der Waals surface area (Å²) in [5.41, 5.74) is 7.55. The van der Waals surface area contributed by atoms with Gasteiger partial charge in [0.1, 0.15) is 17.5 Å². The van der Waals surface area contributed by atoms with Crippen molar-refractivity contribution in [1.82, 2.24) is 24.3 Å². The monoisotopic (exact) mass is 476 g/mol. The third-order valence-electron chi connectivity index (χ3n) is 5.65. The molecule has 0 aliphatic carbocycles. The number of benzene rings is 1. The van der Waals surface area contributed by atoms with Gasteiger partial charge in [0.25, 0.3) is 5.91 Å². The minimum Gasteiger partial charge on any atom is -0.382 e. The van der Waals surface area contributed by atoms with Gasteiger partial charge < -0.3 is 15.4 Å². The molecule has 0 bridgehead atoms. The van der Waals surface area contributed by atoms with Crippen molar-refractivity contribution >= 4 is 39.9 Å². The molecule has 1 atom stereocenters. The standard InChI is InChI=1S/C21H16ClF3N6O2/c1-30(15-8-33-7-13-11(15)3-5-16(28-13)21(23,24)25)20(32)10-2-4-12-14(6-10)31-9-27-18(22)17(31)19(26)29-12/h2-6,9,15H,7-8H2,1H3,(H2,26,29). The molecule has 2 N–H and O–H groups in total. The largest absolute Gasteiger partial charge is 0.433 e. The maximum Gasteiger partial charge on any atom is 0.433 e. The number of hydrogen-bond acceptors (Lipinski definition) is 6. The number of aromatic nitrogens is 4. The van der Waals surface area contributed by atoms with Crippen molar-refractivity contribution in [2.45, 2.75) is 18.8 Å². The quantitative estimate of drug-likeness (QED) is 0.471. The lowest BCUT2D eigenvalue weighted by Crippen LogP contribution is -2.36. The van der Waals surface area contributed by atoms with E-state index in [0.29, 0.717) is 27.7 Å². The Morgan fingerprint density at radius 3 is 2.82 bits per heavy atom. The number of carbonyl (C=O) groups is 1. The number of hydrogen-bond donors (Lipinski definition) is 1. The van der Waals surface area contributed by atoms with E-state index in [4.69, 9.17) is 22.1 Å². The van der Waals surface area contributed by atoms with Crippen LogP contribution in [-0.4, -0.2) is 43.8 Å². The highest BCUT2D eigenvalue weighted by Crippen LogP contribution is 2.34. The van der Waals surface area contributed by atoms with Crippen molar-refractivity contribution in [3.8, 4) is 0 Å². The third-order valence-corrected chi connectivity index (χ3v) is 5.93. The number of carbonyl (C=O) groups excluding carboxylic acids is 1. The molecule has 12 heteroatoms. The van der Waals surface area contributed by atoms with Crippen LogP contribution in [0.25, 0.3) is 16.6 Å². The summed E-state index contributed by atoms with van der Waals surface area (Å²) >= 11 is 6.10. The number of ether oxygens (including phenoxy) is 1. The zero-order valence-electron chi connectivity index (χ0n) is 17.1. The predicted molar refractivity (Wildman–Crippen MR) is 114 cm³/mol. The molecule has 8 nitrogen and oxygen atoms in total. The molecule has 1 aromatic carbocycles. The van der Waals surface area contributed by atoms with Gasteiger partial charge in [-0.2, -0.15) is 13.2 Å². The van der Waals surface area contributed by atoms with E-state index in [-0.39, 0.29) is 35.8 Å². The predicted octanol–water partition coefficient (Wildman–Crippen LogP) is 3.88. The summed E-state index contributed by atoms with van der Waals surface area (Å²) in [6.45, 7) is 0.0789. The molecule has 0 saturated heterocycles. The Kier molecular flexibility index (Phi) is 4.91. The minimum atomic E-state index is -4.56. The molecule has 0 fully saturated rings. The van der Waals surface area contributed by atoms with E-state index >= 15 is 0 Å². The Balaban J connectivity index is 1.52. The van der Waals surface area contributed by atoms with Crippen LogP contribution >= 0.6 is 11.6 Å². The summed E-state index contributed by atoms with van der Waals surface area (Å²) in [5.74, 6) is -0.141. The Labute approximate surface area is 189 Å². The summed E-state index contributed by atoms with van der Waals surface area (Å²) in [6.07, 6.45) is -3.07. The van der Waals surface area contributed by atoms with E-state index in [1.165, 1.54) is 17.3 Å². The van der Waals surface area contributed by atoms with Crippen LogP contribution < -0.4 is 5.73 Å². The number of nitrogen functional groups attached to an aromatic ring is 1. The van der Waals surface area contributed by atoms with Crippen LogP contribution in [0.3, 0.4) is 0 Å². The Bertz CT molecular complexity index is 1420. The van der Waals surface area contributed by atoms with Crippen molar-refractivity contribution in [1.29, 1.82) is 0 Å². The molecule has 5 rings (SSSR count). The van der Waals surface area contributed by atoms with Crippen LogP contribution in [0.1, 0.15) is 33.4 Å². The fourth-order valence-electron chi connectivity index (χ4n) is 3.98. The van der Waals surface area contributed by atoms with E-state index in [1.54, 1.807) is 29.6 Å². The van der Waals surface area contributed by atoms with Crippen molar-refractivity contribution in [2.24, 2.45) is 0 Å². The minimum absolute atomic E-state index is 0.0553. The van der Waals surface area contributed by atoms with Gasteiger partial charge in [0.05, 0.1) is 36.0 Å². The van der Waals surface area contributed by atoms with E-state index in [1.807, 2.05) is 0 Å². The van der Waals surface area contributed by atoms with Crippen LogP contribution in [0.15, 0.2) is 36.7 Å². The van der Waals surface area contributed by atoms with Crippen molar-refractivity contribution in [3.63, 3.8) is 0 Å². The molecule has 33 heavy (non-hydrogen) atoms. The van der Waals surface area contributed by atoms with Gasteiger partial charge >= 0.3 is 6.18 Å². The lowest BCUT2D eigenvalue weighted by molar-refractivity contribution is -0.141. The number of pyridine rings is 1. The van der Waals surface area contributed by atoms with E-state index in [0.717, 1.165) is 6.07 Å². The second kappa shape index (κ2) is 7.56. The fraction of sp³-hybridized carbons (Fsp3) is 0.238. The maximum atomic E-state index is 13.3. The molecular formula is C21H16ClF3N6O2. The number of nitrogens with zero attached hydrogens (tertiary/aromatic N) is 5. The first-order chi connectivity index (χ1) is 15.6. The molecular weight excluding hydrogens is 461 g/mol. The molecule has 0 spiro atoms. The molecule has 4 aromatic rings. The Morgan fingerprint density at radius 1 is 1.27 bits per heavy atom. The first-order valence-corrected chi connectivity index (χ1v) is 10.2. The lowest BCUT2D eigenvalue weighted by atomic mass is 10.0. The zero-order chi connectivity index (χ0) is 23.5. The van der Waals surface area contributed by atoms with Gasteiger partial charge in [0, 0.05) is 18.2 Å². The molecule has 170 valence electrons. The molecule has 1 aliphatic rings. The third kappa shape index (κ3) is 3.53. The smallest absolute Gasteiger partial charge is 0.382 e. The number of alkyl halides is 3. The first-order valence-electron chi connectivity index (χ1n) is 9.79. The summed E-state index contributed by atoms with van der Waals surface area (Å²) in [6, 6.07) is 6.57. The van der Waals surface area contributed by atoms with E-state index in [2.05, 4.69) is 15.0 Å². The lowest BCUT2D eigenvalue weighted by Gasteiger charge is -2.33. The van der Waals surface area contributed by atoms with Crippen LogP contribution in [0.4, 0.5) is 19.0 Å². The summed E-state index contributed by atoms with van der Waals surface area (Å²) in [7, 11) is 1.57. The van der Waals surface area contributed by atoms with Crippen LogP contribution in [0.5, 0.6) is 0 Å². The van der Waals surface area contributed by atoms with Crippen LogP contribution in [-0.2, 0) is 17.5 Å². The van der Waals surface area contributed by atoms with Gasteiger partial charge in [0.2, 0.25) is 0 Å². The molecule has 3 aromatic heterocycles. The molecule has 0 saturated carbocycles. The number of anilines is 1. The molecule has 1 unspecified atom stereocenters. The van der Waals surface area contributed by atoms with Crippen molar-refractivity contribution in [2.75, 3.05) is 19.4 Å². The number of amides is 1. The second-order valence-electron chi connectivity index (χ2n) is 7.63. The number of nitrogens with two attached hydrogens (primary N) is 1. The van der Waals surface area contributed by atoms with Gasteiger partial charge in [-0.3, -0.25) is 9.20 Å². The van der Waals surface area contributed by atoms with Gasteiger partial charge in [0.15, 0.2) is 11.0 Å². The Hall–Kier alpha value is -3.44. The van der Waals surface area contributed by atoms with Gasteiger partial charge in [-0.25, -0.2) is 15.0 Å². The number of rotatable bonds is 2. The topological polar surface area (TPSA) is 98.6 Å². The van der Waals surface area contributed by atoms with Gasteiger partial charge in [-0.1, -0.05) is 17.7 Å². The van der Waals surface area contributed by atoms with Gasteiger partial charge in [-0.05, 0) is 24.3 Å². The molecule has 1 aliphatic heterocycles. The van der Waals surface area contributed by atoms with Crippen LogP contribution in [0.2, 0.25) is 5.15 Å². The highest BCUT2D eigenvalue weighted by atomic mass is 35.5. The van der Waals surface area contributed by atoms with Crippen molar-refractivity contribution in [3.05, 3.63) is 64.3 Å². The van der Waals surface area contributed by atoms with Crippen LogP contribution in [0, 0.1) is 0 Å². The molecule has 0 radical (unpaired) electrons. The van der Waals surface area contributed by atoms with Gasteiger partial charge in [-0.15, -0.1) is 0 Å². The number of likely N-dealkylation sites (N-methyl/N-ethyl adjacent to an activating group) is 1. The van der Waals surface area contributed by atoms with E-state index < -0.39 is 17.9 Å². The summed E-state index contributed by atoms with van der Waals surface area (Å²) in [4.78, 5) is 26.8. The number of imidazole rings is 1. The summed E-state index contributed by atoms with van der Waals surface area (Å²) < 4.78 is 46.2. The highest BCUT2D eigenvalue weighted by molar-refractivity contribution is 6.33. The molecule has 1 amide bonds. The highest BCUT2D eigenvalue weighted by Gasteiger charge is 2.35. The average molecular weight is 477 g/mol. The normalized spacial score (nSPS) is 16.2. The average Bonchev–Trinajstić information content (AvgIpc) is 3.19. The van der Waals surface area contributed by atoms with E-state index in [9.17, 15) is 18.0 Å². The number of fused-ring (bicyclic) bond motifs is 4. The fourth-order valence-corrected chi connectivity index (χ4v) is 4.21. The number of halogens is 4. The summed E-state index contributed by atoms with van der Waals surface area (Å²) in [5, 5.41) is 0.192. The Morgan fingerprint density at radius 2 is 2.06 bits per heavy atom. The first kappa shape index (κ1) is 21.4.